The molecule has 1 heterocycles. The maximum Gasteiger partial charge on any atom is 0.144 e. The second-order valence-corrected chi connectivity index (χ2v) is 7.17. The van der Waals surface area contributed by atoms with Gasteiger partial charge in [0.15, 0.2) is 0 Å². The molecule has 114 valence electrons. The van der Waals surface area contributed by atoms with Gasteiger partial charge in [0.2, 0.25) is 0 Å². The van der Waals surface area contributed by atoms with Crippen LogP contribution in [0.25, 0.3) is 21.2 Å². The molecule has 0 spiro atoms. The number of aliphatic hydroxyl groups is 1. The van der Waals surface area contributed by atoms with E-state index in [0.29, 0.717) is 0 Å². The van der Waals surface area contributed by atoms with Gasteiger partial charge in [-0.1, -0.05) is 18.2 Å². The molecule has 0 saturated carbocycles. The topological polar surface area (TPSA) is 54.4 Å². The van der Waals surface area contributed by atoms with Gasteiger partial charge < -0.3 is 5.11 Å². The van der Waals surface area contributed by atoms with Gasteiger partial charge in [0.1, 0.15) is 10.7 Å². The lowest BCUT2D eigenvalue weighted by molar-refractivity contribution is 0.282. The fourth-order valence-electron chi connectivity index (χ4n) is 2.59. The average Bonchev–Trinajstić information content (AvgIpc) is 2.91. The van der Waals surface area contributed by atoms with Crippen molar-refractivity contribution in [2.24, 2.45) is 0 Å². The van der Waals surface area contributed by atoms with E-state index in [1.54, 1.807) is 11.3 Å². The second kappa shape index (κ2) is 6.20. The molecule has 3 rings (SSSR count). The first kappa shape index (κ1) is 15.2. The van der Waals surface area contributed by atoms with Gasteiger partial charge in [0.05, 0.1) is 12.4 Å². The van der Waals surface area contributed by atoms with Crippen molar-refractivity contribution in [3.63, 3.8) is 0 Å². The Morgan fingerprint density at radius 1 is 1.05 bits per heavy atom. The van der Waals surface area contributed by atoms with Crippen LogP contribution in [0.15, 0.2) is 41.8 Å². The van der Waals surface area contributed by atoms with Gasteiger partial charge in [-0.3, -0.25) is 0 Å². The Balaban J connectivity index is 2.18. The highest BCUT2D eigenvalue weighted by Gasteiger charge is 2.10. The van der Waals surface area contributed by atoms with Crippen LogP contribution in [-0.4, -0.2) is 13.5 Å². The summed E-state index contributed by atoms with van der Waals surface area (Å²) in [5.41, 5.74) is 4.93. The quantitative estimate of drug-likeness (QED) is 0.719. The standard InChI is InChI=1S/C17H16O3S2/c1-11-2-3-13(10-22(19)20)7-14(11)16-9-21-17-5-4-12(8-18)6-15(16)17/h2-7,9,18,22H,8,10H2,1H3. The molecule has 0 bridgehead atoms. The van der Waals surface area contributed by atoms with Crippen molar-refractivity contribution >= 4 is 32.1 Å². The minimum atomic E-state index is -2.43. The number of hydrogen-bond donors (Lipinski definition) is 2. The van der Waals surface area contributed by atoms with Gasteiger partial charge in [-0.15, -0.1) is 11.3 Å². The first-order valence-electron chi connectivity index (χ1n) is 6.91. The number of thiophene rings is 1. The molecule has 0 aliphatic heterocycles. The van der Waals surface area contributed by atoms with Crippen LogP contribution in [0.5, 0.6) is 0 Å². The van der Waals surface area contributed by atoms with E-state index in [2.05, 4.69) is 5.38 Å². The lowest BCUT2D eigenvalue weighted by Gasteiger charge is -2.08. The summed E-state index contributed by atoms with van der Waals surface area (Å²) in [5, 5.41) is 12.5. The Bertz CT molecular complexity index is 899. The molecule has 3 nitrogen and oxygen atoms in total. The van der Waals surface area contributed by atoms with Gasteiger partial charge >= 0.3 is 0 Å². The molecule has 1 aromatic heterocycles. The number of rotatable bonds is 4. The highest BCUT2D eigenvalue weighted by Crippen LogP contribution is 2.36. The van der Waals surface area contributed by atoms with E-state index in [-0.39, 0.29) is 12.4 Å². The number of thiol groups is 1. The molecule has 2 aromatic carbocycles. The van der Waals surface area contributed by atoms with E-state index in [4.69, 9.17) is 0 Å². The normalized spacial score (nSPS) is 11.4. The summed E-state index contributed by atoms with van der Waals surface area (Å²) in [6, 6.07) is 11.7. The van der Waals surface area contributed by atoms with E-state index in [1.807, 2.05) is 43.3 Å². The minimum absolute atomic E-state index is 0.0148. The van der Waals surface area contributed by atoms with Crippen LogP contribution in [0, 0.1) is 6.92 Å². The molecule has 3 aromatic rings. The number of benzene rings is 2. The van der Waals surface area contributed by atoms with E-state index in [1.165, 1.54) is 0 Å². The maximum atomic E-state index is 11.0. The van der Waals surface area contributed by atoms with E-state index >= 15 is 0 Å². The van der Waals surface area contributed by atoms with Crippen molar-refractivity contribution in [3.8, 4) is 11.1 Å². The third-order valence-electron chi connectivity index (χ3n) is 3.72. The molecular formula is C17H16O3S2. The van der Waals surface area contributed by atoms with E-state index in [9.17, 15) is 13.5 Å². The van der Waals surface area contributed by atoms with Crippen molar-refractivity contribution in [1.29, 1.82) is 0 Å². The fraction of sp³-hybridized carbons (Fsp3) is 0.176. The Morgan fingerprint density at radius 2 is 1.82 bits per heavy atom. The molecule has 0 fully saturated rings. The average molecular weight is 332 g/mol. The van der Waals surface area contributed by atoms with Crippen LogP contribution in [0.4, 0.5) is 0 Å². The van der Waals surface area contributed by atoms with Crippen molar-refractivity contribution in [1.82, 2.24) is 0 Å². The minimum Gasteiger partial charge on any atom is -0.392 e. The molecule has 0 aliphatic carbocycles. The molecule has 1 N–H and O–H groups in total. The van der Waals surface area contributed by atoms with Crippen LogP contribution < -0.4 is 0 Å². The Kier molecular flexibility index (Phi) is 4.29. The van der Waals surface area contributed by atoms with Gasteiger partial charge in [-0.05, 0) is 52.8 Å². The second-order valence-electron chi connectivity index (χ2n) is 5.28. The zero-order valence-corrected chi connectivity index (χ0v) is 13.8. The lowest BCUT2D eigenvalue weighted by atomic mass is 9.97. The van der Waals surface area contributed by atoms with Crippen LogP contribution >= 0.6 is 11.3 Å². The first-order valence-corrected chi connectivity index (χ1v) is 9.15. The number of aryl methyl sites for hydroxylation is 1. The third kappa shape index (κ3) is 2.92. The largest absolute Gasteiger partial charge is 0.392 e. The smallest absolute Gasteiger partial charge is 0.144 e. The highest BCUT2D eigenvalue weighted by molar-refractivity contribution is 7.71. The summed E-state index contributed by atoms with van der Waals surface area (Å²) in [7, 11) is -2.43. The van der Waals surface area contributed by atoms with Crippen LogP contribution in [-0.2, 0) is 23.1 Å². The number of hydrogen-bond acceptors (Lipinski definition) is 4. The molecule has 0 amide bonds. The lowest BCUT2D eigenvalue weighted by Crippen LogP contribution is -1.90. The van der Waals surface area contributed by atoms with Crippen molar-refractivity contribution in [2.75, 3.05) is 0 Å². The summed E-state index contributed by atoms with van der Waals surface area (Å²) < 4.78 is 23.1. The molecule has 0 aliphatic rings. The van der Waals surface area contributed by atoms with Crippen LogP contribution in [0.3, 0.4) is 0 Å². The highest BCUT2D eigenvalue weighted by atomic mass is 32.2. The van der Waals surface area contributed by atoms with E-state index in [0.717, 1.165) is 37.9 Å². The molecule has 0 atom stereocenters. The van der Waals surface area contributed by atoms with Gasteiger partial charge in [0.25, 0.3) is 0 Å². The predicted molar refractivity (Wildman–Crippen MR) is 91.9 cm³/mol. The zero-order valence-electron chi connectivity index (χ0n) is 12.1. The monoisotopic (exact) mass is 332 g/mol. The molecule has 0 radical (unpaired) electrons. The summed E-state index contributed by atoms with van der Waals surface area (Å²) in [5.74, 6) is 0.0621. The van der Waals surface area contributed by atoms with Crippen molar-refractivity contribution in [2.45, 2.75) is 19.3 Å². The van der Waals surface area contributed by atoms with Gasteiger partial charge in [0, 0.05) is 15.6 Å². The first-order chi connectivity index (χ1) is 10.6. The summed E-state index contributed by atoms with van der Waals surface area (Å²) >= 11 is 1.66. The fourth-order valence-corrected chi connectivity index (χ4v) is 4.03. The van der Waals surface area contributed by atoms with Gasteiger partial charge in [-0.2, -0.15) is 0 Å². The molecule has 0 saturated heterocycles. The van der Waals surface area contributed by atoms with Crippen LogP contribution in [0.2, 0.25) is 0 Å². The Morgan fingerprint density at radius 3 is 2.55 bits per heavy atom. The van der Waals surface area contributed by atoms with Crippen molar-refractivity contribution < 1.29 is 13.5 Å². The molecule has 5 heteroatoms. The third-order valence-corrected chi connectivity index (χ3v) is 5.31. The maximum absolute atomic E-state index is 11.0. The summed E-state index contributed by atoms with van der Waals surface area (Å²) in [6.07, 6.45) is 0. The number of aliphatic hydroxyl groups excluding tert-OH is 1. The Hall–Kier alpha value is -1.69. The van der Waals surface area contributed by atoms with Gasteiger partial charge in [-0.25, -0.2) is 8.42 Å². The SMILES string of the molecule is Cc1ccc(C[SH](=O)=O)cc1-c1csc2ccc(CO)cc12. The zero-order chi connectivity index (χ0) is 15.7. The molecule has 0 unspecified atom stereocenters. The summed E-state index contributed by atoms with van der Waals surface area (Å²) in [4.78, 5) is 0. The Labute approximate surface area is 134 Å². The van der Waals surface area contributed by atoms with Crippen LogP contribution in [0.1, 0.15) is 16.7 Å². The molecule has 22 heavy (non-hydrogen) atoms. The predicted octanol–water partition coefficient (Wildman–Crippen LogP) is 3.48. The van der Waals surface area contributed by atoms with Crippen molar-refractivity contribution in [3.05, 3.63) is 58.5 Å². The van der Waals surface area contributed by atoms with E-state index < -0.39 is 10.7 Å². The summed E-state index contributed by atoms with van der Waals surface area (Å²) in [6.45, 7) is 2.04. The number of fused-ring (bicyclic) bond motifs is 1. The molecular weight excluding hydrogens is 316 g/mol.